The van der Waals surface area contributed by atoms with Gasteiger partial charge in [-0.3, -0.25) is 4.79 Å². The molecule has 0 fully saturated rings. The van der Waals surface area contributed by atoms with Crippen LogP contribution in [0.4, 0.5) is 0 Å². The number of amides is 1. The predicted octanol–water partition coefficient (Wildman–Crippen LogP) is 16.2. The Labute approximate surface area is 346 Å². The first-order valence-corrected chi connectivity index (χ1v) is 25.4. The molecule has 0 heterocycles. The summed E-state index contributed by atoms with van der Waals surface area (Å²) in [6, 6.07) is -0.615. The molecule has 2 unspecified atom stereocenters. The van der Waals surface area contributed by atoms with Gasteiger partial charge in [-0.1, -0.05) is 276 Å². The number of nitrogens with one attached hydrogen (secondary N) is 1. The van der Waals surface area contributed by atoms with Gasteiger partial charge in [0, 0.05) is 6.42 Å². The Morgan fingerprint density at radius 2 is 0.673 bits per heavy atom. The van der Waals surface area contributed by atoms with Crippen LogP contribution in [-0.2, 0) is 4.79 Å². The van der Waals surface area contributed by atoms with E-state index in [0.29, 0.717) is 6.42 Å². The summed E-state index contributed by atoms with van der Waals surface area (Å²) < 4.78 is 0. The standard InChI is InChI=1S/C51H101NO3/c1-3-5-7-9-11-13-14-15-16-17-18-19-20-21-22-23-24-25-26-27-28-29-30-31-32-33-34-35-36-37-38-39-41-43-45-47-51(55)52-49(48-53)50(54)46-44-42-40-12-10-8-6-4-2/h44,46,49-50,53-54H,3-43,45,47-48H2,1-2H3,(H,52,55)/b46-44+. The fourth-order valence-electron chi connectivity index (χ4n) is 8.12. The van der Waals surface area contributed by atoms with E-state index >= 15 is 0 Å². The average Bonchev–Trinajstić information content (AvgIpc) is 3.19. The Bertz CT molecular complexity index is 754. The second-order valence-corrected chi connectivity index (χ2v) is 17.6. The van der Waals surface area contributed by atoms with E-state index in [1.165, 1.54) is 244 Å². The van der Waals surface area contributed by atoms with Gasteiger partial charge in [-0.2, -0.15) is 0 Å². The molecule has 0 aromatic carbocycles. The number of hydrogen-bond acceptors (Lipinski definition) is 3. The van der Waals surface area contributed by atoms with E-state index < -0.39 is 12.1 Å². The van der Waals surface area contributed by atoms with Crippen LogP contribution < -0.4 is 5.32 Å². The number of hydrogen-bond donors (Lipinski definition) is 3. The quantitative estimate of drug-likeness (QED) is 0.0426. The van der Waals surface area contributed by atoms with Gasteiger partial charge in [-0.05, 0) is 19.3 Å². The lowest BCUT2D eigenvalue weighted by Crippen LogP contribution is -2.45. The van der Waals surface area contributed by atoms with Crippen molar-refractivity contribution < 1.29 is 15.0 Å². The van der Waals surface area contributed by atoms with Crippen LogP contribution in [0, 0.1) is 0 Å². The maximum atomic E-state index is 12.3. The highest BCUT2D eigenvalue weighted by molar-refractivity contribution is 5.76. The van der Waals surface area contributed by atoms with Gasteiger partial charge < -0.3 is 15.5 Å². The Kier molecular flexibility index (Phi) is 46.8. The molecule has 0 saturated carbocycles. The van der Waals surface area contributed by atoms with Gasteiger partial charge in [-0.15, -0.1) is 0 Å². The van der Waals surface area contributed by atoms with Crippen molar-refractivity contribution in [3.63, 3.8) is 0 Å². The highest BCUT2D eigenvalue weighted by atomic mass is 16.3. The molecular weight excluding hydrogens is 675 g/mol. The van der Waals surface area contributed by atoms with Crippen molar-refractivity contribution in [1.29, 1.82) is 0 Å². The second kappa shape index (κ2) is 47.5. The van der Waals surface area contributed by atoms with Crippen molar-refractivity contribution in [2.24, 2.45) is 0 Å². The van der Waals surface area contributed by atoms with Crippen LogP contribution in [0.2, 0.25) is 0 Å². The van der Waals surface area contributed by atoms with E-state index in [1.54, 1.807) is 6.08 Å². The topological polar surface area (TPSA) is 69.6 Å². The zero-order valence-corrected chi connectivity index (χ0v) is 37.7. The summed E-state index contributed by atoms with van der Waals surface area (Å²) in [6.45, 7) is 4.29. The van der Waals surface area contributed by atoms with Crippen LogP contribution in [0.15, 0.2) is 12.2 Å². The van der Waals surface area contributed by atoms with E-state index in [0.717, 1.165) is 25.7 Å². The molecule has 4 nitrogen and oxygen atoms in total. The minimum absolute atomic E-state index is 0.0616. The van der Waals surface area contributed by atoms with E-state index in [-0.39, 0.29) is 12.5 Å². The first kappa shape index (κ1) is 54.1. The fraction of sp³-hybridized carbons (Fsp3) is 0.941. The van der Waals surface area contributed by atoms with Gasteiger partial charge in [0.1, 0.15) is 0 Å². The molecule has 0 aromatic rings. The highest BCUT2D eigenvalue weighted by Crippen LogP contribution is 2.17. The molecule has 0 saturated heterocycles. The highest BCUT2D eigenvalue weighted by Gasteiger charge is 2.18. The van der Waals surface area contributed by atoms with Gasteiger partial charge >= 0.3 is 0 Å². The van der Waals surface area contributed by atoms with Crippen molar-refractivity contribution >= 4 is 5.91 Å². The number of carbonyl (C=O) groups is 1. The summed E-state index contributed by atoms with van der Waals surface area (Å²) in [5.74, 6) is -0.0616. The molecule has 0 spiro atoms. The Morgan fingerprint density at radius 1 is 0.418 bits per heavy atom. The van der Waals surface area contributed by atoms with E-state index in [1.807, 2.05) is 6.08 Å². The third kappa shape index (κ3) is 44.1. The van der Waals surface area contributed by atoms with Crippen molar-refractivity contribution in [2.75, 3.05) is 6.61 Å². The van der Waals surface area contributed by atoms with E-state index in [2.05, 4.69) is 19.2 Å². The lowest BCUT2D eigenvalue weighted by Gasteiger charge is -2.20. The molecule has 0 radical (unpaired) electrons. The number of aliphatic hydroxyl groups excluding tert-OH is 2. The summed E-state index contributed by atoms with van der Waals surface area (Å²) in [6.07, 6.45) is 61.0. The second-order valence-electron chi connectivity index (χ2n) is 17.6. The van der Waals surface area contributed by atoms with Gasteiger partial charge in [0.25, 0.3) is 0 Å². The number of carbonyl (C=O) groups excluding carboxylic acids is 1. The third-order valence-electron chi connectivity index (χ3n) is 12.0. The normalized spacial score (nSPS) is 12.9. The minimum atomic E-state index is -0.832. The van der Waals surface area contributed by atoms with E-state index in [9.17, 15) is 15.0 Å². The van der Waals surface area contributed by atoms with E-state index in [4.69, 9.17) is 0 Å². The largest absolute Gasteiger partial charge is 0.394 e. The third-order valence-corrected chi connectivity index (χ3v) is 12.0. The minimum Gasteiger partial charge on any atom is -0.394 e. The molecule has 328 valence electrons. The maximum Gasteiger partial charge on any atom is 0.220 e. The Balaban J connectivity index is 3.31. The molecule has 0 aliphatic carbocycles. The molecule has 0 bridgehead atoms. The first-order chi connectivity index (χ1) is 27.2. The molecule has 2 atom stereocenters. The van der Waals surface area contributed by atoms with Crippen LogP contribution in [0.25, 0.3) is 0 Å². The molecule has 0 rings (SSSR count). The van der Waals surface area contributed by atoms with Gasteiger partial charge in [0.15, 0.2) is 0 Å². The average molecular weight is 776 g/mol. The SMILES string of the molecule is CCCCCCCC/C=C/C(O)C(CO)NC(=O)CCCCCCCCCCCCCCCCCCCCCCCCCCCCCCCCCCCCC. The molecular formula is C51H101NO3. The number of unbranched alkanes of at least 4 members (excludes halogenated alkanes) is 40. The van der Waals surface area contributed by atoms with Crippen molar-refractivity contribution in [2.45, 2.75) is 302 Å². The Hall–Kier alpha value is -0.870. The lowest BCUT2D eigenvalue weighted by molar-refractivity contribution is -0.123. The number of rotatable bonds is 47. The van der Waals surface area contributed by atoms with Crippen LogP contribution in [0.1, 0.15) is 290 Å². The van der Waals surface area contributed by atoms with Gasteiger partial charge in [0.05, 0.1) is 18.8 Å². The van der Waals surface area contributed by atoms with Crippen molar-refractivity contribution in [1.82, 2.24) is 5.32 Å². The molecule has 0 aromatic heterocycles. The first-order valence-electron chi connectivity index (χ1n) is 25.4. The van der Waals surface area contributed by atoms with Crippen molar-refractivity contribution in [3.05, 3.63) is 12.2 Å². The summed E-state index contributed by atoms with van der Waals surface area (Å²) in [5, 5.41) is 22.9. The smallest absolute Gasteiger partial charge is 0.220 e. The molecule has 1 amide bonds. The van der Waals surface area contributed by atoms with Crippen LogP contribution in [0.5, 0.6) is 0 Å². The summed E-state index contributed by atoms with van der Waals surface area (Å²) in [4.78, 5) is 12.3. The molecule has 0 aliphatic heterocycles. The zero-order chi connectivity index (χ0) is 40.0. The molecule has 3 N–H and O–H groups in total. The summed E-state index contributed by atoms with van der Waals surface area (Å²) in [5.41, 5.74) is 0. The monoisotopic (exact) mass is 776 g/mol. The van der Waals surface area contributed by atoms with Gasteiger partial charge in [0.2, 0.25) is 5.91 Å². The fourth-order valence-corrected chi connectivity index (χ4v) is 8.12. The predicted molar refractivity (Wildman–Crippen MR) is 244 cm³/mol. The lowest BCUT2D eigenvalue weighted by atomic mass is 10.0. The molecule has 4 heteroatoms. The van der Waals surface area contributed by atoms with Crippen LogP contribution in [0.3, 0.4) is 0 Å². The summed E-state index contributed by atoms with van der Waals surface area (Å²) >= 11 is 0. The summed E-state index contributed by atoms with van der Waals surface area (Å²) in [7, 11) is 0. The maximum absolute atomic E-state index is 12.3. The van der Waals surface area contributed by atoms with Crippen molar-refractivity contribution in [3.8, 4) is 0 Å². The van der Waals surface area contributed by atoms with Gasteiger partial charge in [-0.25, -0.2) is 0 Å². The van der Waals surface area contributed by atoms with Crippen LogP contribution >= 0.6 is 0 Å². The molecule has 0 aliphatic rings. The number of aliphatic hydroxyl groups is 2. The zero-order valence-electron chi connectivity index (χ0n) is 37.7. The number of allylic oxidation sites excluding steroid dienone is 1. The van der Waals surface area contributed by atoms with Crippen LogP contribution in [-0.4, -0.2) is 34.9 Å². The molecule has 55 heavy (non-hydrogen) atoms. The Morgan fingerprint density at radius 3 is 0.945 bits per heavy atom.